The maximum Gasteiger partial charge on any atom is 0.337 e. The molecule has 0 saturated heterocycles. The number of hydrogen-bond acceptors (Lipinski definition) is 3. The van der Waals surface area contributed by atoms with Crippen LogP contribution in [-0.2, 0) is 0 Å². The standard InChI is InChI=1S/C17H18ClNO3/c1-11-4-3-5-16(12(11)2)22-9-8-19-15-7-6-13(18)10-14(15)17(20)21/h3-7,10,19H,8-9H2,1-2H3,(H,20,21). The first kappa shape index (κ1) is 16.2. The van der Waals surface area contributed by atoms with E-state index in [1.165, 1.54) is 11.6 Å². The minimum Gasteiger partial charge on any atom is -0.491 e. The molecule has 0 unspecified atom stereocenters. The lowest BCUT2D eigenvalue weighted by molar-refractivity contribution is 0.0698. The maximum absolute atomic E-state index is 11.2. The largest absolute Gasteiger partial charge is 0.491 e. The molecule has 22 heavy (non-hydrogen) atoms. The lowest BCUT2D eigenvalue weighted by Crippen LogP contribution is -2.14. The number of carbonyl (C=O) groups is 1. The van der Waals surface area contributed by atoms with E-state index in [1.807, 2.05) is 32.0 Å². The molecular weight excluding hydrogens is 302 g/mol. The fraction of sp³-hybridized carbons (Fsp3) is 0.235. The van der Waals surface area contributed by atoms with Crippen molar-refractivity contribution in [2.24, 2.45) is 0 Å². The fourth-order valence-electron chi connectivity index (χ4n) is 2.07. The van der Waals surface area contributed by atoms with E-state index in [1.54, 1.807) is 12.1 Å². The van der Waals surface area contributed by atoms with Gasteiger partial charge in [0.15, 0.2) is 0 Å². The predicted molar refractivity (Wildman–Crippen MR) is 88.3 cm³/mol. The molecule has 0 saturated carbocycles. The van der Waals surface area contributed by atoms with Gasteiger partial charge in [-0.25, -0.2) is 4.79 Å². The van der Waals surface area contributed by atoms with E-state index in [2.05, 4.69) is 5.32 Å². The molecule has 116 valence electrons. The van der Waals surface area contributed by atoms with Crippen molar-refractivity contribution < 1.29 is 14.6 Å². The smallest absolute Gasteiger partial charge is 0.337 e. The molecule has 5 heteroatoms. The highest BCUT2D eigenvalue weighted by atomic mass is 35.5. The Bertz CT molecular complexity index is 686. The SMILES string of the molecule is Cc1cccc(OCCNc2ccc(Cl)cc2C(=O)O)c1C. The Morgan fingerprint density at radius 3 is 2.77 bits per heavy atom. The van der Waals surface area contributed by atoms with Crippen LogP contribution in [0.15, 0.2) is 36.4 Å². The highest BCUT2D eigenvalue weighted by Crippen LogP contribution is 2.22. The summed E-state index contributed by atoms with van der Waals surface area (Å²) in [4.78, 5) is 11.2. The first-order valence-corrected chi connectivity index (χ1v) is 7.32. The number of nitrogens with one attached hydrogen (secondary N) is 1. The Morgan fingerprint density at radius 2 is 2.05 bits per heavy atom. The second-order valence-electron chi connectivity index (χ2n) is 4.97. The molecule has 0 radical (unpaired) electrons. The summed E-state index contributed by atoms with van der Waals surface area (Å²) < 4.78 is 5.73. The van der Waals surface area contributed by atoms with E-state index < -0.39 is 5.97 Å². The third-order valence-corrected chi connectivity index (χ3v) is 3.68. The number of halogens is 1. The van der Waals surface area contributed by atoms with Gasteiger partial charge in [0.1, 0.15) is 12.4 Å². The highest BCUT2D eigenvalue weighted by molar-refractivity contribution is 6.31. The third-order valence-electron chi connectivity index (χ3n) is 3.44. The second-order valence-corrected chi connectivity index (χ2v) is 5.40. The van der Waals surface area contributed by atoms with Gasteiger partial charge in [-0.3, -0.25) is 0 Å². The topological polar surface area (TPSA) is 58.6 Å². The lowest BCUT2D eigenvalue weighted by Gasteiger charge is -2.13. The number of rotatable bonds is 6. The molecule has 0 aliphatic rings. The number of anilines is 1. The predicted octanol–water partition coefficient (Wildman–Crippen LogP) is 4.15. The molecule has 4 nitrogen and oxygen atoms in total. The van der Waals surface area contributed by atoms with E-state index in [4.69, 9.17) is 21.4 Å². The second kappa shape index (κ2) is 7.18. The molecule has 0 aromatic heterocycles. The summed E-state index contributed by atoms with van der Waals surface area (Å²) in [6.07, 6.45) is 0. The van der Waals surface area contributed by atoms with Crippen molar-refractivity contribution >= 4 is 23.3 Å². The molecule has 0 aliphatic heterocycles. The summed E-state index contributed by atoms with van der Waals surface area (Å²) >= 11 is 5.82. The van der Waals surface area contributed by atoms with Crippen molar-refractivity contribution in [3.05, 3.63) is 58.1 Å². The number of carboxylic acids is 1. The van der Waals surface area contributed by atoms with Crippen LogP contribution in [0.25, 0.3) is 0 Å². The molecular formula is C17H18ClNO3. The van der Waals surface area contributed by atoms with Crippen molar-refractivity contribution in [2.45, 2.75) is 13.8 Å². The Kier molecular flexibility index (Phi) is 5.28. The van der Waals surface area contributed by atoms with E-state index >= 15 is 0 Å². The molecule has 0 heterocycles. The van der Waals surface area contributed by atoms with Gasteiger partial charge in [-0.1, -0.05) is 23.7 Å². The number of hydrogen-bond donors (Lipinski definition) is 2. The van der Waals surface area contributed by atoms with Crippen LogP contribution in [0.2, 0.25) is 5.02 Å². The quantitative estimate of drug-likeness (QED) is 0.785. The number of aromatic carboxylic acids is 1. The number of aryl methyl sites for hydroxylation is 1. The first-order chi connectivity index (χ1) is 10.5. The van der Waals surface area contributed by atoms with Gasteiger partial charge in [0.25, 0.3) is 0 Å². The highest BCUT2D eigenvalue weighted by Gasteiger charge is 2.10. The van der Waals surface area contributed by atoms with E-state index in [-0.39, 0.29) is 5.56 Å². The molecule has 0 bridgehead atoms. The van der Waals surface area contributed by atoms with Gasteiger partial charge in [0.05, 0.1) is 5.56 Å². The normalized spacial score (nSPS) is 10.3. The minimum atomic E-state index is -1.01. The number of ether oxygens (including phenoxy) is 1. The zero-order valence-corrected chi connectivity index (χ0v) is 13.3. The molecule has 2 aromatic carbocycles. The summed E-state index contributed by atoms with van der Waals surface area (Å²) in [5, 5.41) is 12.6. The van der Waals surface area contributed by atoms with Crippen molar-refractivity contribution in [1.82, 2.24) is 0 Å². The zero-order chi connectivity index (χ0) is 16.1. The van der Waals surface area contributed by atoms with Crippen molar-refractivity contribution in [3.8, 4) is 5.75 Å². The molecule has 0 fully saturated rings. The van der Waals surface area contributed by atoms with Crippen LogP contribution in [0.5, 0.6) is 5.75 Å². The number of carboxylic acid groups (broad SMARTS) is 1. The van der Waals surface area contributed by atoms with E-state index in [0.29, 0.717) is 23.9 Å². The maximum atomic E-state index is 11.2. The van der Waals surface area contributed by atoms with Gasteiger partial charge < -0.3 is 15.2 Å². The van der Waals surface area contributed by atoms with Crippen LogP contribution in [0.3, 0.4) is 0 Å². The molecule has 2 aromatic rings. The summed E-state index contributed by atoms with van der Waals surface area (Å²) in [5.74, 6) is -0.170. The summed E-state index contributed by atoms with van der Waals surface area (Å²) in [7, 11) is 0. The average molecular weight is 320 g/mol. The van der Waals surface area contributed by atoms with Gasteiger partial charge in [-0.15, -0.1) is 0 Å². The summed E-state index contributed by atoms with van der Waals surface area (Å²) in [5.41, 5.74) is 2.97. The molecule has 0 atom stereocenters. The van der Waals surface area contributed by atoms with Crippen LogP contribution in [0, 0.1) is 13.8 Å². The first-order valence-electron chi connectivity index (χ1n) is 6.95. The van der Waals surface area contributed by atoms with Crippen LogP contribution < -0.4 is 10.1 Å². The van der Waals surface area contributed by atoms with Crippen molar-refractivity contribution in [2.75, 3.05) is 18.5 Å². The van der Waals surface area contributed by atoms with E-state index in [0.717, 1.165) is 11.3 Å². The Hall–Kier alpha value is -2.20. The van der Waals surface area contributed by atoms with Crippen molar-refractivity contribution in [3.63, 3.8) is 0 Å². The van der Waals surface area contributed by atoms with Gasteiger partial charge in [-0.2, -0.15) is 0 Å². The molecule has 0 amide bonds. The van der Waals surface area contributed by atoms with Gasteiger partial charge in [0.2, 0.25) is 0 Å². The zero-order valence-electron chi connectivity index (χ0n) is 12.5. The molecule has 0 aliphatic carbocycles. The molecule has 0 spiro atoms. The minimum absolute atomic E-state index is 0.152. The van der Waals surface area contributed by atoms with Crippen LogP contribution in [-0.4, -0.2) is 24.2 Å². The average Bonchev–Trinajstić information content (AvgIpc) is 2.48. The van der Waals surface area contributed by atoms with Crippen molar-refractivity contribution in [1.29, 1.82) is 0 Å². The third kappa shape index (κ3) is 3.92. The van der Waals surface area contributed by atoms with Gasteiger partial charge in [-0.05, 0) is 49.2 Å². The fourth-order valence-corrected chi connectivity index (χ4v) is 2.25. The van der Waals surface area contributed by atoms with Crippen LogP contribution >= 0.6 is 11.6 Å². The Labute approximate surface area is 134 Å². The molecule has 2 N–H and O–H groups in total. The summed E-state index contributed by atoms with van der Waals surface area (Å²) in [6.45, 7) is 4.98. The van der Waals surface area contributed by atoms with E-state index in [9.17, 15) is 4.79 Å². The Balaban J connectivity index is 1.94. The Morgan fingerprint density at radius 1 is 1.27 bits per heavy atom. The van der Waals surface area contributed by atoms with Crippen LogP contribution in [0.4, 0.5) is 5.69 Å². The lowest BCUT2D eigenvalue weighted by atomic mass is 10.1. The monoisotopic (exact) mass is 319 g/mol. The van der Waals surface area contributed by atoms with Gasteiger partial charge in [0, 0.05) is 17.3 Å². The van der Waals surface area contributed by atoms with Crippen LogP contribution in [0.1, 0.15) is 21.5 Å². The summed E-state index contributed by atoms with van der Waals surface area (Å²) in [6, 6.07) is 10.6. The molecule has 2 rings (SSSR count). The van der Waals surface area contributed by atoms with Gasteiger partial charge >= 0.3 is 5.97 Å². The number of benzene rings is 2.